The van der Waals surface area contributed by atoms with Crippen molar-refractivity contribution >= 4 is 17.7 Å². The molecule has 1 amide bonds. The van der Waals surface area contributed by atoms with Crippen LogP contribution in [0.2, 0.25) is 5.02 Å². The van der Waals surface area contributed by atoms with Gasteiger partial charge in [0.05, 0.1) is 12.1 Å². The fourth-order valence-electron chi connectivity index (χ4n) is 3.34. The molecule has 3 rings (SSSR count). The fraction of sp³-hybridized carbons (Fsp3) is 0.562. The number of benzene rings is 1. The van der Waals surface area contributed by atoms with Gasteiger partial charge in [-0.05, 0) is 43.9 Å². The second kappa shape index (κ2) is 5.85. The van der Waals surface area contributed by atoms with Gasteiger partial charge in [-0.2, -0.15) is 0 Å². The lowest BCUT2D eigenvalue weighted by Crippen LogP contribution is -2.54. The van der Waals surface area contributed by atoms with Crippen molar-refractivity contribution < 1.29 is 9.53 Å². The van der Waals surface area contributed by atoms with Gasteiger partial charge in [-0.1, -0.05) is 29.8 Å². The van der Waals surface area contributed by atoms with Crippen molar-refractivity contribution in [3.63, 3.8) is 0 Å². The molecule has 0 spiro atoms. The smallest absolute Gasteiger partial charge is 0.410 e. The van der Waals surface area contributed by atoms with Gasteiger partial charge in [0.25, 0.3) is 0 Å². The fourth-order valence-corrected chi connectivity index (χ4v) is 3.53. The van der Waals surface area contributed by atoms with Crippen molar-refractivity contribution in [1.82, 2.24) is 10.2 Å². The van der Waals surface area contributed by atoms with E-state index < -0.39 is 0 Å². The molecule has 0 aromatic heterocycles. The second-order valence-corrected chi connectivity index (χ2v) is 6.54. The summed E-state index contributed by atoms with van der Waals surface area (Å²) in [5.74, 6) is 0.417. The van der Waals surface area contributed by atoms with Gasteiger partial charge in [-0.3, -0.25) is 4.90 Å². The molecule has 114 valence electrons. The van der Waals surface area contributed by atoms with Crippen LogP contribution in [-0.4, -0.2) is 36.2 Å². The highest BCUT2D eigenvalue weighted by Crippen LogP contribution is 2.36. The third kappa shape index (κ3) is 2.74. The Morgan fingerprint density at radius 2 is 2.29 bits per heavy atom. The highest BCUT2D eigenvalue weighted by atomic mass is 35.5. The van der Waals surface area contributed by atoms with Gasteiger partial charge < -0.3 is 10.1 Å². The Morgan fingerprint density at radius 1 is 1.48 bits per heavy atom. The number of nitrogens with one attached hydrogen (secondary N) is 1. The molecule has 21 heavy (non-hydrogen) atoms. The van der Waals surface area contributed by atoms with Crippen molar-refractivity contribution in [3.05, 3.63) is 34.9 Å². The van der Waals surface area contributed by atoms with Crippen molar-refractivity contribution in [3.8, 4) is 0 Å². The molecule has 0 saturated carbocycles. The number of carbonyl (C=O) groups is 1. The Morgan fingerprint density at radius 3 is 3.00 bits per heavy atom. The van der Waals surface area contributed by atoms with Gasteiger partial charge in [0.15, 0.2) is 0 Å². The largest absolute Gasteiger partial charge is 0.447 e. The number of hydrogen-bond donors (Lipinski definition) is 1. The quantitative estimate of drug-likeness (QED) is 0.933. The van der Waals surface area contributed by atoms with Crippen LogP contribution in [0.5, 0.6) is 0 Å². The Labute approximate surface area is 130 Å². The van der Waals surface area contributed by atoms with E-state index >= 15 is 0 Å². The number of halogens is 1. The first kappa shape index (κ1) is 14.7. The molecule has 1 aromatic rings. The normalized spacial score (nSPS) is 29.5. The van der Waals surface area contributed by atoms with Crippen LogP contribution >= 0.6 is 11.6 Å². The molecule has 2 unspecified atom stereocenters. The predicted octanol–water partition coefficient (Wildman–Crippen LogP) is 3.05. The van der Waals surface area contributed by atoms with E-state index in [0.29, 0.717) is 24.1 Å². The molecule has 2 heterocycles. The summed E-state index contributed by atoms with van der Waals surface area (Å²) in [5.41, 5.74) is 0.706. The summed E-state index contributed by atoms with van der Waals surface area (Å²) < 4.78 is 5.36. The van der Waals surface area contributed by atoms with E-state index in [4.69, 9.17) is 16.3 Å². The maximum absolute atomic E-state index is 12.2. The highest BCUT2D eigenvalue weighted by Gasteiger charge is 2.49. The van der Waals surface area contributed by atoms with Crippen LogP contribution in [0.25, 0.3) is 0 Å². The molecule has 2 aliphatic heterocycles. The van der Waals surface area contributed by atoms with Gasteiger partial charge in [-0.15, -0.1) is 0 Å². The number of cyclic esters (lactones) is 1. The Bertz CT molecular complexity index is 531. The first-order valence-corrected chi connectivity index (χ1v) is 7.87. The van der Waals surface area contributed by atoms with Crippen LogP contribution in [0.1, 0.15) is 25.3 Å². The standard InChI is InChI=1S/C16H21ClN2O2/c1-16(13-6-4-8-18-9-13)11-21-15(20)19(16)10-12-5-2-3-7-14(12)17/h2-3,5,7,13,18H,4,6,8-11H2,1H3. The molecule has 2 atom stereocenters. The van der Waals surface area contributed by atoms with Crippen molar-refractivity contribution in [1.29, 1.82) is 0 Å². The molecule has 4 nitrogen and oxygen atoms in total. The molecular formula is C16H21ClN2O2. The van der Waals surface area contributed by atoms with Crippen LogP contribution < -0.4 is 5.32 Å². The molecular weight excluding hydrogens is 288 g/mol. The number of amides is 1. The monoisotopic (exact) mass is 308 g/mol. The molecule has 1 N–H and O–H groups in total. The Balaban J connectivity index is 1.83. The summed E-state index contributed by atoms with van der Waals surface area (Å²) in [6.45, 7) is 5.10. The summed E-state index contributed by atoms with van der Waals surface area (Å²) in [7, 11) is 0. The van der Waals surface area contributed by atoms with E-state index in [2.05, 4.69) is 12.2 Å². The van der Waals surface area contributed by atoms with E-state index in [1.54, 1.807) is 0 Å². The number of hydrogen-bond acceptors (Lipinski definition) is 3. The third-order valence-electron chi connectivity index (χ3n) is 4.79. The summed E-state index contributed by atoms with van der Waals surface area (Å²) in [5, 5.41) is 4.12. The van der Waals surface area contributed by atoms with Gasteiger partial charge in [0, 0.05) is 11.6 Å². The lowest BCUT2D eigenvalue weighted by molar-refractivity contribution is 0.0922. The molecule has 2 fully saturated rings. The molecule has 2 aliphatic rings. The van der Waals surface area contributed by atoms with Crippen LogP contribution in [0, 0.1) is 5.92 Å². The SMILES string of the molecule is CC1(C2CCCNC2)COC(=O)N1Cc1ccccc1Cl. The van der Waals surface area contributed by atoms with Crippen LogP contribution in [0.4, 0.5) is 4.79 Å². The molecule has 5 heteroatoms. The minimum atomic E-state index is -0.260. The summed E-state index contributed by atoms with van der Waals surface area (Å²) in [6.07, 6.45) is 2.04. The van der Waals surface area contributed by atoms with Crippen molar-refractivity contribution in [2.45, 2.75) is 31.8 Å². The van der Waals surface area contributed by atoms with E-state index in [-0.39, 0.29) is 11.6 Å². The van der Waals surface area contributed by atoms with Crippen LogP contribution in [0.3, 0.4) is 0 Å². The molecule has 0 bridgehead atoms. The lowest BCUT2D eigenvalue weighted by atomic mass is 9.80. The Hall–Kier alpha value is -1.26. The average Bonchev–Trinajstić information content (AvgIpc) is 2.80. The number of rotatable bonds is 3. The maximum atomic E-state index is 12.2. The zero-order valence-corrected chi connectivity index (χ0v) is 13.0. The number of ether oxygens (including phenoxy) is 1. The topological polar surface area (TPSA) is 41.6 Å². The summed E-state index contributed by atoms with van der Waals surface area (Å²) >= 11 is 6.24. The molecule has 1 aromatic carbocycles. The van der Waals surface area contributed by atoms with Crippen molar-refractivity contribution in [2.75, 3.05) is 19.7 Å². The minimum absolute atomic E-state index is 0.233. The van der Waals surface area contributed by atoms with E-state index in [9.17, 15) is 4.79 Å². The van der Waals surface area contributed by atoms with Gasteiger partial charge >= 0.3 is 6.09 Å². The molecule has 2 saturated heterocycles. The first-order chi connectivity index (χ1) is 10.1. The number of piperidine rings is 1. The first-order valence-electron chi connectivity index (χ1n) is 7.50. The van der Waals surface area contributed by atoms with E-state index in [0.717, 1.165) is 31.5 Å². The zero-order chi connectivity index (χ0) is 14.9. The van der Waals surface area contributed by atoms with Crippen LogP contribution in [0.15, 0.2) is 24.3 Å². The highest BCUT2D eigenvalue weighted by molar-refractivity contribution is 6.31. The average molecular weight is 309 g/mol. The van der Waals surface area contributed by atoms with Crippen molar-refractivity contribution in [2.24, 2.45) is 5.92 Å². The van der Waals surface area contributed by atoms with Gasteiger partial charge in [0.1, 0.15) is 6.61 Å². The Kier molecular flexibility index (Phi) is 4.09. The minimum Gasteiger partial charge on any atom is -0.447 e. The summed E-state index contributed by atoms with van der Waals surface area (Å²) in [6, 6.07) is 7.67. The number of nitrogens with zero attached hydrogens (tertiary/aromatic N) is 1. The van der Waals surface area contributed by atoms with E-state index in [1.807, 2.05) is 29.2 Å². The molecule has 0 radical (unpaired) electrons. The number of carbonyl (C=O) groups excluding carboxylic acids is 1. The van der Waals surface area contributed by atoms with Crippen LogP contribution in [-0.2, 0) is 11.3 Å². The third-order valence-corrected chi connectivity index (χ3v) is 5.16. The maximum Gasteiger partial charge on any atom is 0.410 e. The van der Waals surface area contributed by atoms with E-state index in [1.165, 1.54) is 0 Å². The van der Waals surface area contributed by atoms with Gasteiger partial charge in [0.2, 0.25) is 0 Å². The predicted molar refractivity (Wildman–Crippen MR) is 82.3 cm³/mol. The zero-order valence-electron chi connectivity index (χ0n) is 12.3. The van der Waals surface area contributed by atoms with Gasteiger partial charge in [-0.25, -0.2) is 4.79 Å². The summed E-state index contributed by atoms with van der Waals surface area (Å²) in [4.78, 5) is 14.0. The second-order valence-electron chi connectivity index (χ2n) is 6.13. The lowest BCUT2D eigenvalue weighted by Gasteiger charge is -2.41. The molecule has 0 aliphatic carbocycles.